The molecule has 0 radical (unpaired) electrons. The molecule has 0 fully saturated rings. The van der Waals surface area contributed by atoms with Crippen molar-refractivity contribution in [2.45, 2.75) is 6.54 Å². The van der Waals surface area contributed by atoms with Crippen molar-refractivity contribution in [3.8, 4) is 5.75 Å². The molecule has 3 N–H and O–H groups in total. The number of nitrogens with two attached hydrogens (primary N) is 1. The highest BCUT2D eigenvalue weighted by Gasteiger charge is 2.04. The van der Waals surface area contributed by atoms with Gasteiger partial charge in [0.2, 0.25) is 0 Å². The van der Waals surface area contributed by atoms with Crippen molar-refractivity contribution >= 4 is 34.5 Å². The van der Waals surface area contributed by atoms with Crippen molar-refractivity contribution in [1.29, 1.82) is 0 Å². The van der Waals surface area contributed by atoms with Gasteiger partial charge in [0.25, 0.3) is 0 Å². The van der Waals surface area contributed by atoms with Crippen LogP contribution in [0.15, 0.2) is 42.5 Å². The SMILES string of the molecule is COc1cccc(CNc2ccc(C(N)=S)c(Cl)c2)c1. The molecule has 0 aliphatic rings. The summed E-state index contributed by atoms with van der Waals surface area (Å²) in [4.78, 5) is 0.300. The van der Waals surface area contributed by atoms with E-state index in [0.29, 0.717) is 22.1 Å². The summed E-state index contributed by atoms with van der Waals surface area (Å²) in [6.07, 6.45) is 0. The van der Waals surface area contributed by atoms with Crippen LogP contribution in [0.3, 0.4) is 0 Å². The third-order valence-corrected chi connectivity index (χ3v) is 3.40. The van der Waals surface area contributed by atoms with E-state index in [9.17, 15) is 0 Å². The molecule has 3 nitrogen and oxygen atoms in total. The van der Waals surface area contributed by atoms with Gasteiger partial charge in [0.15, 0.2) is 0 Å². The molecule has 0 saturated heterocycles. The number of hydrogen-bond donors (Lipinski definition) is 2. The molecular formula is C15H15ClN2OS. The highest BCUT2D eigenvalue weighted by atomic mass is 35.5. The molecule has 104 valence electrons. The molecule has 0 aliphatic carbocycles. The van der Waals surface area contributed by atoms with Gasteiger partial charge in [0.05, 0.1) is 12.1 Å². The third kappa shape index (κ3) is 3.62. The molecular weight excluding hydrogens is 292 g/mol. The first-order valence-electron chi connectivity index (χ1n) is 6.06. The number of rotatable bonds is 5. The largest absolute Gasteiger partial charge is 0.497 e. The fourth-order valence-electron chi connectivity index (χ4n) is 1.81. The Kier molecular flexibility index (Phi) is 4.82. The van der Waals surface area contributed by atoms with Gasteiger partial charge in [-0.1, -0.05) is 36.0 Å². The van der Waals surface area contributed by atoms with Crippen LogP contribution >= 0.6 is 23.8 Å². The summed E-state index contributed by atoms with van der Waals surface area (Å²) in [6, 6.07) is 13.4. The van der Waals surface area contributed by atoms with Crippen molar-refractivity contribution in [3.05, 3.63) is 58.6 Å². The van der Waals surface area contributed by atoms with Crippen LogP contribution in [0.1, 0.15) is 11.1 Å². The van der Waals surface area contributed by atoms with Gasteiger partial charge in [-0.15, -0.1) is 0 Å². The number of nitrogens with one attached hydrogen (secondary N) is 1. The van der Waals surface area contributed by atoms with Crippen LogP contribution in [0.5, 0.6) is 5.75 Å². The normalized spacial score (nSPS) is 10.1. The number of thiocarbonyl (C=S) groups is 1. The number of methoxy groups -OCH3 is 1. The van der Waals surface area contributed by atoms with Crippen LogP contribution in [0.25, 0.3) is 0 Å². The Hall–Kier alpha value is -1.78. The summed E-state index contributed by atoms with van der Waals surface area (Å²) in [7, 11) is 1.65. The molecule has 2 aromatic rings. The molecule has 2 aromatic carbocycles. The molecule has 0 atom stereocenters. The number of ether oxygens (including phenoxy) is 1. The second-order valence-corrected chi connectivity index (χ2v) is 5.11. The zero-order chi connectivity index (χ0) is 14.5. The molecule has 0 bridgehead atoms. The third-order valence-electron chi connectivity index (χ3n) is 2.87. The zero-order valence-electron chi connectivity index (χ0n) is 11.0. The number of anilines is 1. The summed E-state index contributed by atoms with van der Waals surface area (Å²) < 4.78 is 5.19. The average molecular weight is 307 g/mol. The standard InChI is InChI=1S/C15H15ClN2OS/c1-19-12-4-2-3-10(7-12)9-18-11-5-6-13(15(17)20)14(16)8-11/h2-8,18H,9H2,1H3,(H2,17,20). The zero-order valence-corrected chi connectivity index (χ0v) is 12.6. The minimum absolute atomic E-state index is 0.300. The van der Waals surface area contributed by atoms with E-state index >= 15 is 0 Å². The predicted molar refractivity (Wildman–Crippen MR) is 87.7 cm³/mol. The molecule has 0 spiro atoms. The summed E-state index contributed by atoms with van der Waals surface area (Å²) in [6.45, 7) is 0.681. The lowest BCUT2D eigenvalue weighted by Crippen LogP contribution is -2.10. The maximum absolute atomic E-state index is 6.13. The fourth-order valence-corrected chi connectivity index (χ4v) is 2.33. The Morgan fingerprint density at radius 3 is 2.75 bits per heavy atom. The second-order valence-electron chi connectivity index (χ2n) is 4.26. The van der Waals surface area contributed by atoms with Crippen LogP contribution in [-0.2, 0) is 6.54 Å². The monoisotopic (exact) mass is 306 g/mol. The summed E-state index contributed by atoms with van der Waals surface area (Å²) in [5, 5.41) is 3.84. The summed E-state index contributed by atoms with van der Waals surface area (Å²) >= 11 is 11.0. The van der Waals surface area contributed by atoms with Crippen molar-refractivity contribution in [3.63, 3.8) is 0 Å². The van der Waals surface area contributed by atoms with E-state index in [1.165, 1.54) is 0 Å². The summed E-state index contributed by atoms with van der Waals surface area (Å²) in [5.41, 5.74) is 8.30. The smallest absolute Gasteiger partial charge is 0.119 e. The first-order chi connectivity index (χ1) is 9.60. The Bertz CT molecular complexity index is 631. The maximum atomic E-state index is 6.13. The van der Waals surface area contributed by atoms with E-state index in [0.717, 1.165) is 17.0 Å². The van der Waals surface area contributed by atoms with E-state index in [1.54, 1.807) is 7.11 Å². The van der Waals surface area contributed by atoms with E-state index in [2.05, 4.69) is 5.32 Å². The minimum Gasteiger partial charge on any atom is -0.497 e. The van der Waals surface area contributed by atoms with E-state index in [4.69, 9.17) is 34.3 Å². The topological polar surface area (TPSA) is 47.3 Å². The van der Waals surface area contributed by atoms with Gasteiger partial charge in [-0.05, 0) is 35.9 Å². The van der Waals surface area contributed by atoms with Crippen LogP contribution in [0, 0.1) is 0 Å². The maximum Gasteiger partial charge on any atom is 0.119 e. The highest BCUT2D eigenvalue weighted by Crippen LogP contribution is 2.22. The Balaban J connectivity index is 2.07. The van der Waals surface area contributed by atoms with Gasteiger partial charge in [-0.3, -0.25) is 0 Å². The summed E-state index contributed by atoms with van der Waals surface area (Å²) in [5.74, 6) is 0.839. The molecule has 0 aromatic heterocycles. The second kappa shape index (κ2) is 6.59. The van der Waals surface area contributed by atoms with Gasteiger partial charge < -0.3 is 15.8 Å². The van der Waals surface area contributed by atoms with Gasteiger partial charge in [-0.25, -0.2) is 0 Å². The van der Waals surface area contributed by atoms with Crippen LogP contribution < -0.4 is 15.8 Å². The molecule has 0 amide bonds. The molecule has 5 heteroatoms. The number of halogens is 1. The fraction of sp³-hybridized carbons (Fsp3) is 0.133. The van der Waals surface area contributed by atoms with Crippen LogP contribution in [-0.4, -0.2) is 12.1 Å². The first kappa shape index (κ1) is 14.6. The molecule has 0 heterocycles. The molecule has 20 heavy (non-hydrogen) atoms. The Morgan fingerprint density at radius 1 is 1.30 bits per heavy atom. The van der Waals surface area contributed by atoms with Gasteiger partial charge in [0.1, 0.15) is 10.7 Å². The lowest BCUT2D eigenvalue weighted by atomic mass is 10.2. The van der Waals surface area contributed by atoms with Crippen LogP contribution in [0.2, 0.25) is 5.02 Å². The van der Waals surface area contributed by atoms with E-state index < -0.39 is 0 Å². The number of benzene rings is 2. The van der Waals surface area contributed by atoms with E-state index in [-0.39, 0.29) is 0 Å². The predicted octanol–water partition coefficient (Wildman–Crippen LogP) is 3.59. The molecule has 0 saturated carbocycles. The molecule has 0 aliphatic heterocycles. The van der Waals surface area contributed by atoms with Crippen molar-refractivity contribution < 1.29 is 4.74 Å². The van der Waals surface area contributed by atoms with Gasteiger partial charge in [-0.2, -0.15) is 0 Å². The van der Waals surface area contributed by atoms with Crippen molar-refractivity contribution in [2.75, 3.05) is 12.4 Å². The first-order valence-corrected chi connectivity index (χ1v) is 6.85. The quantitative estimate of drug-likeness (QED) is 0.829. The Morgan fingerprint density at radius 2 is 2.10 bits per heavy atom. The minimum atomic E-state index is 0.300. The lowest BCUT2D eigenvalue weighted by Gasteiger charge is -2.10. The highest BCUT2D eigenvalue weighted by molar-refractivity contribution is 7.80. The van der Waals surface area contributed by atoms with Crippen molar-refractivity contribution in [2.24, 2.45) is 5.73 Å². The van der Waals surface area contributed by atoms with Crippen LogP contribution in [0.4, 0.5) is 5.69 Å². The molecule has 0 unspecified atom stereocenters. The van der Waals surface area contributed by atoms with E-state index in [1.807, 2.05) is 42.5 Å². The average Bonchev–Trinajstić information content (AvgIpc) is 2.45. The lowest BCUT2D eigenvalue weighted by molar-refractivity contribution is 0.414. The number of hydrogen-bond acceptors (Lipinski definition) is 3. The molecule has 2 rings (SSSR count). The van der Waals surface area contributed by atoms with Gasteiger partial charge in [0, 0.05) is 17.8 Å². The van der Waals surface area contributed by atoms with Gasteiger partial charge >= 0.3 is 0 Å². The Labute approximate surface area is 128 Å². The van der Waals surface area contributed by atoms with Crippen molar-refractivity contribution in [1.82, 2.24) is 0 Å².